The number of hydrogen-bond acceptors (Lipinski definition) is 3. The number of nitrogens with one attached hydrogen (secondary N) is 2. The van der Waals surface area contributed by atoms with Crippen LogP contribution in [0.25, 0.3) is 0 Å². The van der Waals surface area contributed by atoms with E-state index in [1.165, 1.54) is 36.4 Å². The first-order chi connectivity index (χ1) is 12.6. The quantitative estimate of drug-likeness (QED) is 0.750. The second-order valence-electron chi connectivity index (χ2n) is 5.73. The lowest BCUT2D eigenvalue weighted by Crippen LogP contribution is -2.26. The van der Waals surface area contributed by atoms with Crippen LogP contribution in [0.1, 0.15) is 28.4 Å². The standard InChI is InChI=1S/C18H19F3N2O3S/c1-2-23-27(25,26)16-9-5-14(6-10-16)17(24)22-12-11-13-3-7-15(8-4-13)18(19,20)21/h3-10,23H,2,11-12H2,1H3,(H,22,24). The number of halogens is 3. The molecule has 0 saturated carbocycles. The minimum atomic E-state index is -4.38. The molecule has 0 aromatic heterocycles. The first kappa shape index (κ1) is 20.9. The molecule has 2 aromatic carbocycles. The summed E-state index contributed by atoms with van der Waals surface area (Å²) in [5.74, 6) is -0.394. The number of rotatable bonds is 7. The number of benzene rings is 2. The first-order valence-corrected chi connectivity index (χ1v) is 9.66. The predicted octanol–water partition coefficient (Wildman–Crippen LogP) is 2.98. The summed E-state index contributed by atoms with van der Waals surface area (Å²) in [7, 11) is -3.58. The minimum Gasteiger partial charge on any atom is -0.352 e. The Morgan fingerprint density at radius 3 is 2.11 bits per heavy atom. The molecule has 0 atom stereocenters. The van der Waals surface area contributed by atoms with E-state index >= 15 is 0 Å². The molecule has 0 aliphatic heterocycles. The molecule has 2 aromatic rings. The Bertz CT molecular complexity index is 878. The van der Waals surface area contributed by atoms with Crippen molar-refractivity contribution in [2.45, 2.75) is 24.4 Å². The van der Waals surface area contributed by atoms with Gasteiger partial charge in [0, 0.05) is 18.7 Å². The predicted molar refractivity (Wildman–Crippen MR) is 94.8 cm³/mol. The first-order valence-electron chi connectivity index (χ1n) is 8.17. The number of amides is 1. The maximum absolute atomic E-state index is 12.5. The third kappa shape index (κ3) is 5.80. The van der Waals surface area contributed by atoms with Gasteiger partial charge in [0.2, 0.25) is 10.0 Å². The van der Waals surface area contributed by atoms with Gasteiger partial charge in [-0.3, -0.25) is 4.79 Å². The lowest BCUT2D eigenvalue weighted by molar-refractivity contribution is -0.137. The highest BCUT2D eigenvalue weighted by Gasteiger charge is 2.29. The van der Waals surface area contributed by atoms with E-state index in [9.17, 15) is 26.4 Å². The average molecular weight is 400 g/mol. The van der Waals surface area contributed by atoms with Crippen LogP contribution in [0.15, 0.2) is 53.4 Å². The molecule has 0 aliphatic carbocycles. The van der Waals surface area contributed by atoms with Crippen LogP contribution >= 0.6 is 0 Å². The topological polar surface area (TPSA) is 75.3 Å². The van der Waals surface area contributed by atoms with E-state index < -0.39 is 27.7 Å². The second kappa shape index (κ2) is 8.53. The highest BCUT2D eigenvalue weighted by atomic mass is 32.2. The van der Waals surface area contributed by atoms with E-state index in [1.54, 1.807) is 6.92 Å². The number of hydrogen-bond donors (Lipinski definition) is 2. The van der Waals surface area contributed by atoms with Crippen LogP contribution in [0.4, 0.5) is 13.2 Å². The van der Waals surface area contributed by atoms with Crippen molar-refractivity contribution >= 4 is 15.9 Å². The van der Waals surface area contributed by atoms with Crippen molar-refractivity contribution in [3.63, 3.8) is 0 Å². The third-order valence-electron chi connectivity index (χ3n) is 3.74. The Labute approximate surface area is 155 Å². The summed E-state index contributed by atoms with van der Waals surface area (Å²) in [5, 5.41) is 2.65. The minimum absolute atomic E-state index is 0.0608. The number of carbonyl (C=O) groups excluding carboxylic acids is 1. The zero-order chi connectivity index (χ0) is 20.1. The van der Waals surface area contributed by atoms with Crippen LogP contribution in [0.3, 0.4) is 0 Å². The van der Waals surface area contributed by atoms with Gasteiger partial charge >= 0.3 is 6.18 Å². The van der Waals surface area contributed by atoms with E-state index in [1.807, 2.05) is 0 Å². The number of carbonyl (C=O) groups is 1. The molecule has 0 spiro atoms. The summed E-state index contributed by atoms with van der Waals surface area (Å²) in [6.45, 7) is 2.16. The van der Waals surface area contributed by atoms with E-state index in [0.717, 1.165) is 12.1 Å². The molecular weight excluding hydrogens is 381 g/mol. The van der Waals surface area contributed by atoms with Gasteiger partial charge in [-0.1, -0.05) is 19.1 Å². The summed E-state index contributed by atoms with van der Waals surface area (Å²) in [5.41, 5.74) is 0.233. The Morgan fingerprint density at radius 1 is 1.00 bits per heavy atom. The zero-order valence-corrected chi connectivity index (χ0v) is 15.3. The average Bonchev–Trinajstić information content (AvgIpc) is 2.61. The van der Waals surface area contributed by atoms with Crippen molar-refractivity contribution in [1.29, 1.82) is 0 Å². The van der Waals surface area contributed by atoms with Gasteiger partial charge < -0.3 is 5.32 Å². The van der Waals surface area contributed by atoms with Crippen LogP contribution in [-0.2, 0) is 22.6 Å². The molecule has 0 radical (unpaired) electrons. The number of alkyl halides is 3. The van der Waals surface area contributed by atoms with Gasteiger partial charge in [0.15, 0.2) is 0 Å². The smallest absolute Gasteiger partial charge is 0.352 e. The summed E-state index contributed by atoms with van der Waals surface area (Å²) in [6.07, 6.45) is -4.00. The maximum Gasteiger partial charge on any atom is 0.416 e. The molecule has 5 nitrogen and oxygen atoms in total. The van der Waals surface area contributed by atoms with Crippen molar-refractivity contribution < 1.29 is 26.4 Å². The van der Waals surface area contributed by atoms with E-state index in [-0.39, 0.29) is 23.5 Å². The SMILES string of the molecule is CCNS(=O)(=O)c1ccc(C(=O)NCCc2ccc(C(F)(F)F)cc2)cc1. The van der Waals surface area contributed by atoms with Gasteiger partial charge in [0.1, 0.15) is 0 Å². The van der Waals surface area contributed by atoms with Crippen LogP contribution in [-0.4, -0.2) is 27.4 Å². The van der Waals surface area contributed by atoms with Crippen molar-refractivity contribution in [1.82, 2.24) is 10.0 Å². The monoisotopic (exact) mass is 400 g/mol. The van der Waals surface area contributed by atoms with Crippen LogP contribution in [0.5, 0.6) is 0 Å². The fraction of sp³-hybridized carbons (Fsp3) is 0.278. The van der Waals surface area contributed by atoms with Gasteiger partial charge in [-0.05, 0) is 48.4 Å². The molecule has 1 amide bonds. The Balaban J connectivity index is 1.90. The highest BCUT2D eigenvalue weighted by molar-refractivity contribution is 7.89. The van der Waals surface area contributed by atoms with Gasteiger partial charge in [0.25, 0.3) is 5.91 Å². The summed E-state index contributed by atoms with van der Waals surface area (Å²) >= 11 is 0. The Morgan fingerprint density at radius 2 is 1.59 bits per heavy atom. The largest absolute Gasteiger partial charge is 0.416 e. The summed E-state index contributed by atoms with van der Waals surface area (Å²) in [4.78, 5) is 12.1. The van der Waals surface area contributed by atoms with Crippen LogP contribution in [0.2, 0.25) is 0 Å². The summed E-state index contributed by atoms with van der Waals surface area (Å²) < 4.78 is 63.6. The molecule has 146 valence electrons. The molecule has 27 heavy (non-hydrogen) atoms. The second-order valence-corrected chi connectivity index (χ2v) is 7.49. The maximum atomic E-state index is 12.5. The molecule has 0 bridgehead atoms. The number of sulfonamides is 1. The molecule has 2 rings (SSSR count). The van der Waals surface area contributed by atoms with Gasteiger partial charge in [0.05, 0.1) is 10.5 Å². The fourth-order valence-corrected chi connectivity index (χ4v) is 3.38. The van der Waals surface area contributed by atoms with E-state index in [0.29, 0.717) is 12.0 Å². The third-order valence-corrected chi connectivity index (χ3v) is 5.30. The molecule has 2 N–H and O–H groups in total. The molecule has 0 saturated heterocycles. The molecular formula is C18H19F3N2O3S. The Kier molecular flexibility index (Phi) is 6.61. The van der Waals surface area contributed by atoms with Gasteiger partial charge in [-0.25, -0.2) is 13.1 Å². The van der Waals surface area contributed by atoms with Gasteiger partial charge in [-0.15, -0.1) is 0 Å². The zero-order valence-electron chi connectivity index (χ0n) is 14.5. The molecule has 0 heterocycles. The van der Waals surface area contributed by atoms with E-state index in [4.69, 9.17) is 0 Å². The summed E-state index contributed by atoms with van der Waals surface area (Å²) in [6, 6.07) is 10.2. The lowest BCUT2D eigenvalue weighted by atomic mass is 10.1. The lowest BCUT2D eigenvalue weighted by Gasteiger charge is -2.09. The van der Waals surface area contributed by atoms with Crippen molar-refractivity contribution in [3.05, 3.63) is 65.2 Å². The molecule has 0 unspecified atom stereocenters. The molecule has 0 aliphatic rings. The molecule has 9 heteroatoms. The fourth-order valence-electron chi connectivity index (χ4n) is 2.34. The highest BCUT2D eigenvalue weighted by Crippen LogP contribution is 2.29. The molecule has 0 fully saturated rings. The van der Waals surface area contributed by atoms with Crippen LogP contribution in [0, 0.1) is 0 Å². The van der Waals surface area contributed by atoms with Gasteiger partial charge in [-0.2, -0.15) is 13.2 Å². The van der Waals surface area contributed by atoms with Crippen LogP contribution < -0.4 is 10.0 Å². The van der Waals surface area contributed by atoms with Crippen molar-refractivity contribution in [2.75, 3.05) is 13.1 Å². The van der Waals surface area contributed by atoms with E-state index in [2.05, 4.69) is 10.0 Å². The van der Waals surface area contributed by atoms with Crippen molar-refractivity contribution in [2.24, 2.45) is 0 Å². The van der Waals surface area contributed by atoms with Crippen molar-refractivity contribution in [3.8, 4) is 0 Å². The Hall–Kier alpha value is -2.39. The normalized spacial score (nSPS) is 12.0.